The van der Waals surface area contributed by atoms with Crippen molar-refractivity contribution in [3.63, 3.8) is 0 Å². The van der Waals surface area contributed by atoms with Gasteiger partial charge in [-0.1, -0.05) is 32.3 Å². The predicted molar refractivity (Wildman–Crippen MR) is 85.0 cm³/mol. The van der Waals surface area contributed by atoms with E-state index in [0.29, 0.717) is 13.0 Å². The average molecular weight is 289 g/mol. The molecule has 0 atom stereocenters. The van der Waals surface area contributed by atoms with Crippen molar-refractivity contribution >= 4 is 5.91 Å². The third-order valence-electron chi connectivity index (χ3n) is 4.66. The summed E-state index contributed by atoms with van der Waals surface area (Å²) in [5.74, 6) is 0.124. The highest BCUT2D eigenvalue weighted by atomic mass is 16.1. The van der Waals surface area contributed by atoms with Gasteiger partial charge in [-0.2, -0.15) is 0 Å². The number of hydrogen-bond donors (Lipinski definition) is 2. The van der Waals surface area contributed by atoms with Gasteiger partial charge in [0.15, 0.2) is 0 Å². The molecular formula is C17H27N3O. The van der Waals surface area contributed by atoms with Gasteiger partial charge in [0.25, 0.3) is 0 Å². The van der Waals surface area contributed by atoms with Gasteiger partial charge in [-0.15, -0.1) is 0 Å². The van der Waals surface area contributed by atoms with Gasteiger partial charge in [-0.3, -0.25) is 9.78 Å². The molecule has 0 aliphatic heterocycles. The molecule has 21 heavy (non-hydrogen) atoms. The van der Waals surface area contributed by atoms with E-state index in [0.717, 1.165) is 25.0 Å². The van der Waals surface area contributed by atoms with Gasteiger partial charge >= 0.3 is 0 Å². The Bertz CT molecular complexity index is 467. The maximum Gasteiger partial charge on any atom is 0.222 e. The molecule has 1 amide bonds. The highest BCUT2D eigenvalue weighted by Gasteiger charge is 2.32. The van der Waals surface area contributed by atoms with Gasteiger partial charge < -0.3 is 10.6 Å². The van der Waals surface area contributed by atoms with Crippen LogP contribution in [0.25, 0.3) is 0 Å². The number of hydrogen-bond acceptors (Lipinski definition) is 3. The second-order valence-corrected chi connectivity index (χ2v) is 6.01. The fourth-order valence-electron chi connectivity index (χ4n) is 3.25. The number of aromatic nitrogens is 1. The Balaban J connectivity index is 1.89. The Morgan fingerprint density at radius 1 is 1.33 bits per heavy atom. The highest BCUT2D eigenvalue weighted by Crippen LogP contribution is 2.30. The van der Waals surface area contributed by atoms with Crippen molar-refractivity contribution in [3.8, 4) is 0 Å². The molecule has 1 fully saturated rings. The van der Waals surface area contributed by atoms with Crippen LogP contribution in [0.4, 0.5) is 0 Å². The molecule has 0 saturated heterocycles. The molecule has 1 aliphatic rings. The van der Waals surface area contributed by atoms with E-state index in [1.165, 1.54) is 24.8 Å². The van der Waals surface area contributed by atoms with Crippen LogP contribution in [-0.2, 0) is 17.8 Å². The number of pyridine rings is 1. The van der Waals surface area contributed by atoms with Crippen LogP contribution in [-0.4, -0.2) is 23.5 Å². The van der Waals surface area contributed by atoms with Crippen LogP contribution in [0.1, 0.15) is 56.7 Å². The van der Waals surface area contributed by atoms with Crippen molar-refractivity contribution in [2.24, 2.45) is 0 Å². The average Bonchev–Trinajstić information content (AvgIpc) is 2.54. The summed E-state index contributed by atoms with van der Waals surface area (Å²) in [7, 11) is 1.98. The lowest BCUT2D eigenvalue weighted by molar-refractivity contribution is -0.123. The first-order chi connectivity index (χ1) is 10.2. The standard InChI is InChI=1S/C17H27N3O/c1-3-14-8-7-11-19-15(14)13-20-16(21)12-17(18-2)9-5-4-6-10-17/h7-8,11,18H,3-6,9-10,12-13H2,1-2H3,(H,20,21). The largest absolute Gasteiger partial charge is 0.350 e. The Labute approximate surface area is 127 Å². The zero-order valence-corrected chi connectivity index (χ0v) is 13.2. The summed E-state index contributed by atoms with van der Waals surface area (Å²) in [5.41, 5.74) is 2.19. The van der Waals surface area contributed by atoms with E-state index in [-0.39, 0.29) is 11.4 Å². The summed E-state index contributed by atoms with van der Waals surface area (Å²) in [5, 5.41) is 6.43. The van der Waals surface area contributed by atoms with E-state index in [1.807, 2.05) is 13.1 Å². The minimum absolute atomic E-state index is 0.0000358. The lowest BCUT2D eigenvalue weighted by atomic mass is 9.79. The SMILES string of the molecule is CCc1cccnc1CNC(=O)CC1(NC)CCCCC1. The van der Waals surface area contributed by atoms with Crippen molar-refractivity contribution in [2.45, 2.75) is 64.0 Å². The first-order valence-electron chi connectivity index (χ1n) is 8.07. The third kappa shape index (κ3) is 4.27. The molecule has 0 bridgehead atoms. The Hall–Kier alpha value is -1.42. The molecule has 116 valence electrons. The fourth-order valence-corrected chi connectivity index (χ4v) is 3.25. The second-order valence-electron chi connectivity index (χ2n) is 6.01. The van der Waals surface area contributed by atoms with Crippen molar-refractivity contribution in [1.82, 2.24) is 15.6 Å². The Morgan fingerprint density at radius 3 is 2.76 bits per heavy atom. The van der Waals surface area contributed by atoms with Gasteiger partial charge in [-0.05, 0) is 37.9 Å². The summed E-state index contributed by atoms with van der Waals surface area (Å²) in [6.07, 6.45) is 9.22. The van der Waals surface area contributed by atoms with E-state index in [9.17, 15) is 4.79 Å². The number of rotatable bonds is 6. The normalized spacial score (nSPS) is 17.4. The van der Waals surface area contributed by atoms with Gasteiger partial charge in [-0.25, -0.2) is 0 Å². The molecule has 0 spiro atoms. The topological polar surface area (TPSA) is 54.0 Å². The van der Waals surface area contributed by atoms with E-state index >= 15 is 0 Å². The van der Waals surface area contributed by atoms with Crippen molar-refractivity contribution in [2.75, 3.05) is 7.05 Å². The molecular weight excluding hydrogens is 262 g/mol. The molecule has 1 heterocycles. The van der Waals surface area contributed by atoms with Crippen LogP contribution in [0, 0.1) is 0 Å². The smallest absolute Gasteiger partial charge is 0.222 e. The van der Waals surface area contributed by atoms with Crippen LogP contribution >= 0.6 is 0 Å². The van der Waals surface area contributed by atoms with Crippen LogP contribution in [0.5, 0.6) is 0 Å². The minimum Gasteiger partial charge on any atom is -0.350 e. The summed E-state index contributed by atoms with van der Waals surface area (Å²) >= 11 is 0. The lowest BCUT2D eigenvalue weighted by Gasteiger charge is -2.36. The Morgan fingerprint density at radius 2 is 2.10 bits per heavy atom. The van der Waals surface area contributed by atoms with E-state index in [4.69, 9.17) is 0 Å². The Kier molecular flexibility index (Phi) is 5.74. The number of carbonyl (C=O) groups excluding carboxylic acids is 1. The summed E-state index contributed by atoms with van der Waals surface area (Å²) < 4.78 is 0. The molecule has 1 aromatic rings. The summed E-state index contributed by atoms with van der Waals surface area (Å²) in [6.45, 7) is 2.64. The molecule has 4 nitrogen and oxygen atoms in total. The van der Waals surface area contributed by atoms with Crippen LogP contribution in [0.2, 0.25) is 0 Å². The van der Waals surface area contributed by atoms with Gasteiger partial charge in [0.05, 0.1) is 12.2 Å². The predicted octanol–water partition coefficient (Wildman–Crippen LogP) is 2.57. The monoisotopic (exact) mass is 289 g/mol. The number of nitrogens with one attached hydrogen (secondary N) is 2. The molecule has 2 rings (SSSR count). The van der Waals surface area contributed by atoms with Crippen molar-refractivity contribution in [1.29, 1.82) is 0 Å². The number of amides is 1. The highest BCUT2D eigenvalue weighted by molar-refractivity contribution is 5.77. The molecule has 1 aromatic heterocycles. The number of carbonyl (C=O) groups is 1. The quantitative estimate of drug-likeness (QED) is 0.846. The summed E-state index contributed by atoms with van der Waals surface area (Å²) in [6, 6.07) is 4.02. The van der Waals surface area contributed by atoms with Crippen molar-refractivity contribution < 1.29 is 4.79 Å². The van der Waals surface area contributed by atoms with Crippen LogP contribution < -0.4 is 10.6 Å². The second kappa shape index (κ2) is 7.55. The molecule has 0 radical (unpaired) electrons. The van der Waals surface area contributed by atoms with Gasteiger partial charge in [0.2, 0.25) is 5.91 Å². The van der Waals surface area contributed by atoms with E-state index in [2.05, 4.69) is 28.6 Å². The minimum atomic E-state index is 0.0000358. The molecule has 0 unspecified atom stereocenters. The van der Waals surface area contributed by atoms with Gasteiger partial charge in [0, 0.05) is 18.2 Å². The zero-order chi connectivity index (χ0) is 15.1. The number of nitrogens with zero attached hydrogens (tertiary/aromatic N) is 1. The molecule has 2 N–H and O–H groups in total. The maximum absolute atomic E-state index is 12.3. The van der Waals surface area contributed by atoms with Crippen molar-refractivity contribution in [3.05, 3.63) is 29.6 Å². The third-order valence-corrected chi connectivity index (χ3v) is 4.66. The zero-order valence-electron chi connectivity index (χ0n) is 13.2. The maximum atomic E-state index is 12.3. The van der Waals surface area contributed by atoms with Crippen LogP contribution in [0.15, 0.2) is 18.3 Å². The lowest BCUT2D eigenvalue weighted by Crippen LogP contribution is -2.48. The molecule has 4 heteroatoms. The van der Waals surface area contributed by atoms with Crippen LogP contribution in [0.3, 0.4) is 0 Å². The summed E-state index contributed by atoms with van der Waals surface area (Å²) in [4.78, 5) is 16.6. The number of aryl methyl sites for hydroxylation is 1. The van der Waals surface area contributed by atoms with E-state index < -0.39 is 0 Å². The van der Waals surface area contributed by atoms with Gasteiger partial charge in [0.1, 0.15) is 0 Å². The fraction of sp³-hybridized carbons (Fsp3) is 0.647. The van der Waals surface area contributed by atoms with E-state index in [1.54, 1.807) is 6.20 Å². The first-order valence-corrected chi connectivity index (χ1v) is 8.07. The molecule has 1 aliphatic carbocycles. The molecule has 0 aromatic carbocycles. The molecule has 1 saturated carbocycles. The first kappa shape index (κ1) is 16.0.